The molecule has 3 aromatic rings. The quantitative estimate of drug-likeness (QED) is 0.672. The summed E-state index contributed by atoms with van der Waals surface area (Å²) in [6.45, 7) is 2.36. The summed E-state index contributed by atoms with van der Waals surface area (Å²) >= 11 is 0. The Hall–Kier alpha value is -3.68. The fourth-order valence-corrected chi connectivity index (χ4v) is 3.49. The zero-order valence-electron chi connectivity index (χ0n) is 16.5. The molecule has 2 aromatic heterocycles. The zero-order valence-corrected chi connectivity index (χ0v) is 16.5. The van der Waals surface area contributed by atoms with Crippen molar-refractivity contribution < 1.29 is 14.0 Å². The summed E-state index contributed by atoms with van der Waals surface area (Å²) < 4.78 is 5.18. The molecule has 8 nitrogen and oxygen atoms in total. The van der Waals surface area contributed by atoms with Gasteiger partial charge in [0.25, 0.3) is 5.91 Å². The highest BCUT2D eigenvalue weighted by Crippen LogP contribution is 2.13. The number of piperazine rings is 1. The molecule has 1 aromatic carbocycles. The van der Waals surface area contributed by atoms with Crippen LogP contribution in [-0.2, 0) is 11.2 Å². The SMILES string of the molecule is O=C(NC(Cc1ccccc1)C(=O)N1CCN(c2ncccn2)CC1)c1ccco1. The van der Waals surface area contributed by atoms with Crippen LogP contribution < -0.4 is 10.2 Å². The third-order valence-electron chi connectivity index (χ3n) is 5.06. The molecule has 0 spiro atoms. The smallest absolute Gasteiger partial charge is 0.287 e. The molecule has 1 aliphatic rings. The Balaban J connectivity index is 1.44. The van der Waals surface area contributed by atoms with Crippen molar-refractivity contribution in [3.8, 4) is 0 Å². The first-order valence-corrected chi connectivity index (χ1v) is 9.90. The highest BCUT2D eigenvalue weighted by atomic mass is 16.3. The topological polar surface area (TPSA) is 91.6 Å². The molecule has 30 heavy (non-hydrogen) atoms. The Labute approximate surface area is 174 Å². The van der Waals surface area contributed by atoms with Crippen LogP contribution in [0.1, 0.15) is 16.1 Å². The molecule has 8 heteroatoms. The van der Waals surface area contributed by atoms with Crippen LogP contribution >= 0.6 is 0 Å². The van der Waals surface area contributed by atoms with Crippen LogP contribution in [0.15, 0.2) is 71.6 Å². The molecule has 3 heterocycles. The molecule has 4 rings (SSSR count). The fourth-order valence-electron chi connectivity index (χ4n) is 3.49. The van der Waals surface area contributed by atoms with E-state index in [-0.39, 0.29) is 11.7 Å². The van der Waals surface area contributed by atoms with Crippen LogP contribution in [-0.4, -0.2) is 58.9 Å². The van der Waals surface area contributed by atoms with Crippen LogP contribution in [0.25, 0.3) is 0 Å². The lowest BCUT2D eigenvalue weighted by Crippen LogP contribution is -2.55. The maximum Gasteiger partial charge on any atom is 0.287 e. The van der Waals surface area contributed by atoms with Gasteiger partial charge in [-0.25, -0.2) is 9.97 Å². The highest BCUT2D eigenvalue weighted by molar-refractivity contribution is 5.95. The van der Waals surface area contributed by atoms with Crippen molar-refractivity contribution in [1.82, 2.24) is 20.2 Å². The molecule has 0 aliphatic carbocycles. The number of aromatic nitrogens is 2. The average Bonchev–Trinajstić information content (AvgIpc) is 3.35. The van der Waals surface area contributed by atoms with Crippen LogP contribution in [0.3, 0.4) is 0 Å². The first kappa shape index (κ1) is 19.6. The third kappa shape index (κ3) is 4.65. The number of amides is 2. The molecule has 1 fully saturated rings. The summed E-state index contributed by atoms with van der Waals surface area (Å²) in [5, 5.41) is 2.85. The number of rotatable bonds is 6. The molecule has 1 atom stereocenters. The number of anilines is 1. The molecule has 0 saturated carbocycles. The summed E-state index contributed by atoms with van der Waals surface area (Å²) in [4.78, 5) is 38.2. The van der Waals surface area contributed by atoms with Gasteiger partial charge >= 0.3 is 0 Å². The lowest BCUT2D eigenvalue weighted by molar-refractivity contribution is -0.133. The highest BCUT2D eigenvalue weighted by Gasteiger charge is 2.30. The van der Waals surface area contributed by atoms with Crippen molar-refractivity contribution in [3.05, 3.63) is 78.5 Å². The van der Waals surface area contributed by atoms with Gasteiger partial charge in [0.2, 0.25) is 11.9 Å². The predicted octanol–water partition coefficient (Wildman–Crippen LogP) is 1.76. The molecular formula is C22H23N5O3. The molecule has 0 bridgehead atoms. The van der Waals surface area contributed by atoms with Crippen molar-refractivity contribution in [1.29, 1.82) is 0 Å². The Kier molecular flexibility index (Phi) is 6.03. The summed E-state index contributed by atoms with van der Waals surface area (Å²) in [6, 6.07) is 14.0. The molecule has 2 amide bonds. The van der Waals surface area contributed by atoms with Crippen LogP contribution in [0, 0.1) is 0 Å². The summed E-state index contributed by atoms with van der Waals surface area (Å²) in [5.41, 5.74) is 0.979. The maximum atomic E-state index is 13.3. The lowest BCUT2D eigenvalue weighted by atomic mass is 10.0. The van der Waals surface area contributed by atoms with Gasteiger partial charge in [-0.1, -0.05) is 30.3 Å². The first-order chi connectivity index (χ1) is 14.7. The van der Waals surface area contributed by atoms with E-state index in [0.717, 1.165) is 5.56 Å². The van der Waals surface area contributed by atoms with E-state index in [0.29, 0.717) is 38.5 Å². The van der Waals surface area contributed by atoms with Gasteiger partial charge in [0.15, 0.2) is 5.76 Å². The van der Waals surface area contributed by atoms with Gasteiger partial charge in [-0.2, -0.15) is 0 Å². The van der Waals surface area contributed by atoms with Gasteiger partial charge in [-0.05, 0) is 23.8 Å². The number of carbonyl (C=O) groups is 2. The van der Waals surface area contributed by atoms with E-state index in [9.17, 15) is 9.59 Å². The number of benzene rings is 1. The Morgan fingerprint density at radius 3 is 2.37 bits per heavy atom. The minimum Gasteiger partial charge on any atom is -0.459 e. The van der Waals surface area contributed by atoms with Crippen molar-refractivity contribution in [2.45, 2.75) is 12.5 Å². The molecule has 1 aliphatic heterocycles. The number of hydrogen-bond donors (Lipinski definition) is 1. The number of nitrogens with one attached hydrogen (secondary N) is 1. The summed E-state index contributed by atoms with van der Waals surface area (Å²) in [7, 11) is 0. The second kappa shape index (κ2) is 9.21. The lowest BCUT2D eigenvalue weighted by Gasteiger charge is -2.36. The summed E-state index contributed by atoms with van der Waals surface area (Å²) in [6.07, 6.45) is 5.27. The molecule has 1 unspecified atom stereocenters. The zero-order chi connectivity index (χ0) is 20.8. The minimum absolute atomic E-state index is 0.104. The van der Waals surface area contributed by atoms with E-state index < -0.39 is 11.9 Å². The van der Waals surface area contributed by atoms with E-state index >= 15 is 0 Å². The second-order valence-electron chi connectivity index (χ2n) is 7.05. The Morgan fingerprint density at radius 2 is 1.70 bits per heavy atom. The molecule has 154 valence electrons. The van der Waals surface area contributed by atoms with Gasteiger partial charge in [0.1, 0.15) is 6.04 Å². The van der Waals surface area contributed by atoms with Gasteiger partial charge in [0.05, 0.1) is 6.26 Å². The van der Waals surface area contributed by atoms with Crippen LogP contribution in [0.5, 0.6) is 0 Å². The number of hydrogen-bond acceptors (Lipinski definition) is 6. The second-order valence-corrected chi connectivity index (χ2v) is 7.05. The van der Waals surface area contributed by atoms with Gasteiger partial charge in [-0.3, -0.25) is 9.59 Å². The van der Waals surface area contributed by atoms with Crippen LogP contribution in [0.4, 0.5) is 5.95 Å². The standard InChI is InChI=1S/C22H23N5O3/c28-20(19-8-4-15-30-19)25-18(16-17-6-2-1-3-7-17)21(29)26-11-13-27(14-12-26)22-23-9-5-10-24-22/h1-10,15,18H,11-14,16H2,(H,25,28). The first-order valence-electron chi connectivity index (χ1n) is 9.90. The van der Waals surface area contributed by atoms with E-state index in [1.165, 1.54) is 6.26 Å². The van der Waals surface area contributed by atoms with Crippen molar-refractivity contribution in [3.63, 3.8) is 0 Å². The Morgan fingerprint density at radius 1 is 0.967 bits per heavy atom. The monoisotopic (exact) mass is 405 g/mol. The average molecular weight is 405 g/mol. The molecule has 1 N–H and O–H groups in total. The van der Waals surface area contributed by atoms with Gasteiger partial charge in [-0.15, -0.1) is 0 Å². The predicted molar refractivity (Wildman–Crippen MR) is 111 cm³/mol. The minimum atomic E-state index is -0.676. The third-order valence-corrected chi connectivity index (χ3v) is 5.06. The van der Waals surface area contributed by atoms with E-state index in [4.69, 9.17) is 4.42 Å². The van der Waals surface area contributed by atoms with Crippen molar-refractivity contribution >= 4 is 17.8 Å². The number of furan rings is 1. The van der Waals surface area contributed by atoms with Crippen molar-refractivity contribution in [2.24, 2.45) is 0 Å². The largest absolute Gasteiger partial charge is 0.459 e. The van der Waals surface area contributed by atoms with Crippen molar-refractivity contribution in [2.75, 3.05) is 31.1 Å². The maximum absolute atomic E-state index is 13.3. The molecular weight excluding hydrogens is 382 g/mol. The van der Waals surface area contributed by atoms with Gasteiger partial charge < -0.3 is 19.5 Å². The molecule has 1 saturated heterocycles. The molecule has 0 radical (unpaired) electrons. The fraction of sp³-hybridized carbons (Fsp3) is 0.273. The Bertz CT molecular complexity index is 955. The van der Waals surface area contributed by atoms with Crippen LogP contribution in [0.2, 0.25) is 0 Å². The number of carbonyl (C=O) groups excluding carboxylic acids is 2. The van der Waals surface area contributed by atoms with E-state index in [2.05, 4.69) is 20.2 Å². The van der Waals surface area contributed by atoms with Gasteiger partial charge in [0, 0.05) is 45.0 Å². The van der Waals surface area contributed by atoms with E-state index in [1.807, 2.05) is 30.3 Å². The summed E-state index contributed by atoms with van der Waals surface area (Å²) in [5.74, 6) is 0.349. The van der Waals surface area contributed by atoms with E-state index in [1.54, 1.807) is 35.5 Å². The number of nitrogens with zero attached hydrogens (tertiary/aromatic N) is 4. The normalized spacial score (nSPS) is 14.9.